The summed E-state index contributed by atoms with van der Waals surface area (Å²) in [6, 6.07) is 6.41. The van der Waals surface area contributed by atoms with Crippen LogP contribution in [-0.2, 0) is 6.54 Å². The summed E-state index contributed by atoms with van der Waals surface area (Å²) in [6.07, 6.45) is 5.26. The zero-order valence-corrected chi connectivity index (χ0v) is 12.9. The highest BCUT2D eigenvalue weighted by atomic mass is 15.2. The fraction of sp³-hybridized carbons (Fsp3) is 0.353. The third-order valence-electron chi connectivity index (χ3n) is 3.49. The Hall–Kier alpha value is -2.41. The van der Waals surface area contributed by atoms with Gasteiger partial charge in [-0.15, -0.1) is 6.42 Å². The fourth-order valence-electron chi connectivity index (χ4n) is 2.25. The number of guanidine groups is 1. The van der Waals surface area contributed by atoms with E-state index in [-0.39, 0.29) is 0 Å². The van der Waals surface area contributed by atoms with Gasteiger partial charge in [-0.3, -0.25) is 0 Å². The molecule has 21 heavy (non-hydrogen) atoms. The average molecular weight is 282 g/mol. The van der Waals surface area contributed by atoms with E-state index in [0.717, 1.165) is 12.5 Å². The van der Waals surface area contributed by atoms with Gasteiger partial charge in [-0.25, -0.2) is 4.99 Å². The molecule has 0 saturated carbocycles. The van der Waals surface area contributed by atoms with Crippen molar-refractivity contribution in [3.63, 3.8) is 0 Å². The quantitative estimate of drug-likeness (QED) is 0.458. The summed E-state index contributed by atoms with van der Waals surface area (Å²) < 4.78 is 0. The molecule has 0 fully saturated rings. The van der Waals surface area contributed by atoms with Crippen LogP contribution in [-0.4, -0.2) is 24.0 Å². The highest BCUT2D eigenvalue weighted by Crippen LogP contribution is 2.22. The van der Waals surface area contributed by atoms with Crippen LogP contribution in [0.1, 0.15) is 23.7 Å². The zero-order chi connectivity index (χ0) is 15.2. The minimum Gasteiger partial charge on any atom is -0.358 e. The molecule has 0 bridgehead atoms. The lowest BCUT2D eigenvalue weighted by atomic mass is 10.1. The van der Waals surface area contributed by atoms with Crippen molar-refractivity contribution >= 4 is 16.9 Å². The van der Waals surface area contributed by atoms with Crippen LogP contribution in [0, 0.1) is 26.2 Å². The first-order valence-electron chi connectivity index (χ1n) is 7.19. The summed E-state index contributed by atoms with van der Waals surface area (Å²) >= 11 is 0. The molecule has 2 rings (SSSR count). The molecule has 0 saturated heterocycles. The molecule has 2 aromatic rings. The van der Waals surface area contributed by atoms with Crippen molar-refractivity contribution in [2.45, 2.75) is 27.3 Å². The second-order valence-electron chi connectivity index (χ2n) is 5.01. The fourth-order valence-corrected chi connectivity index (χ4v) is 2.25. The smallest absolute Gasteiger partial charge is 0.192 e. The van der Waals surface area contributed by atoms with Gasteiger partial charge in [-0.05, 0) is 44.0 Å². The first-order valence-corrected chi connectivity index (χ1v) is 7.19. The molecule has 0 radical (unpaired) electrons. The Labute approximate surface area is 126 Å². The van der Waals surface area contributed by atoms with Gasteiger partial charge in [0.25, 0.3) is 0 Å². The van der Waals surface area contributed by atoms with Crippen molar-refractivity contribution in [1.82, 2.24) is 15.6 Å². The van der Waals surface area contributed by atoms with Crippen LogP contribution < -0.4 is 10.6 Å². The van der Waals surface area contributed by atoms with Gasteiger partial charge in [-0.2, -0.15) is 0 Å². The van der Waals surface area contributed by atoms with Crippen molar-refractivity contribution in [2.24, 2.45) is 4.99 Å². The molecule has 1 aromatic heterocycles. The summed E-state index contributed by atoms with van der Waals surface area (Å²) in [5, 5.41) is 7.53. The first kappa shape index (κ1) is 15.0. The average Bonchev–Trinajstić information content (AvgIpc) is 2.77. The molecule has 1 aromatic carbocycles. The second-order valence-corrected chi connectivity index (χ2v) is 5.01. The second kappa shape index (κ2) is 6.85. The number of nitrogens with zero attached hydrogens (tertiary/aromatic N) is 1. The Morgan fingerprint density at radius 1 is 1.33 bits per heavy atom. The maximum Gasteiger partial charge on any atom is 0.192 e. The zero-order valence-electron chi connectivity index (χ0n) is 12.9. The van der Waals surface area contributed by atoms with Gasteiger partial charge < -0.3 is 15.6 Å². The molecule has 4 heteroatoms. The lowest BCUT2D eigenvalue weighted by Crippen LogP contribution is -2.37. The summed E-state index contributed by atoms with van der Waals surface area (Å²) in [5.74, 6) is 3.30. The van der Waals surface area contributed by atoms with Crippen LogP contribution >= 0.6 is 0 Å². The number of aromatic nitrogens is 1. The number of hydrogen-bond donors (Lipinski definition) is 3. The molecule has 0 unspecified atom stereocenters. The summed E-state index contributed by atoms with van der Waals surface area (Å²) in [4.78, 5) is 7.94. The minimum absolute atomic E-state index is 0.473. The first-order chi connectivity index (χ1) is 10.2. The molecule has 0 amide bonds. The summed E-state index contributed by atoms with van der Waals surface area (Å²) in [6.45, 7) is 8.18. The predicted octanol–water partition coefficient (Wildman–Crippen LogP) is 2.47. The van der Waals surface area contributed by atoms with Gasteiger partial charge in [0.2, 0.25) is 0 Å². The van der Waals surface area contributed by atoms with E-state index in [1.165, 1.54) is 27.7 Å². The minimum atomic E-state index is 0.473. The molecule has 0 spiro atoms. The van der Waals surface area contributed by atoms with E-state index >= 15 is 0 Å². The van der Waals surface area contributed by atoms with Crippen LogP contribution in [0.2, 0.25) is 0 Å². The number of aryl methyl sites for hydroxylation is 2. The maximum absolute atomic E-state index is 5.26. The van der Waals surface area contributed by atoms with Crippen LogP contribution in [0.15, 0.2) is 23.2 Å². The highest BCUT2D eigenvalue weighted by Gasteiger charge is 2.05. The molecule has 0 aliphatic heterocycles. The molecule has 0 aliphatic carbocycles. The van der Waals surface area contributed by atoms with Crippen molar-refractivity contribution in [2.75, 3.05) is 13.1 Å². The molecular formula is C17H22N4. The van der Waals surface area contributed by atoms with Crippen molar-refractivity contribution < 1.29 is 0 Å². The van der Waals surface area contributed by atoms with Crippen molar-refractivity contribution in [3.05, 3.63) is 35.0 Å². The van der Waals surface area contributed by atoms with Crippen molar-refractivity contribution in [1.29, 1.82) is 0 Å². The molecule has 3 N–H and O–H groups in total. The number of nitrogens with one attached hydrogen (secondary N) is 3. The standard InChI is InChI=1S/C17H22N4/c1-5-9-19-17(18-6-2)20-11-14-7-8-16-15(10-14)12(3)13(4)21-16/h1,7-8,10,21H,6,9,11H2,2-4H3,(H2,18,19,20). The van der Waals surface area contributed by atoms with E-state index in [1.54, 1.807) is 0 Å². The number of rotatable bonds is 4. The van der Waals surface area contributed by atoms with Crippen LogP contribution in [0.5, 0.6) is 0 Å². The van der Waals surface area contributed by atoms with Gasteiger partial charge >= 0.3 is 0 Å². The van der Waals surface area contributed by atoms with Gasteiger partial charge in [0, 0.05) is 23.1 Å². The third-order valence-corrected chi connectivity index (χ3v) is 3.49. The molecule has 0 atom stereocenters. The maximum atomic E-state index is 5.26. The molecule has 0 aliphatic rings. The molecule has 1 heterocycles. The molecule has 110 valence electrons. The van der Waals surface area contributed by atoms with E-state index in [1.807, 2.05) is 6.92 Å². The number of terminal acetylenes is 1. The van der Waals surface area contributed by atoms with E-state index in [9.17, 15) is 0 Å². The number of fused-ring (bicyclic) bond motifs is 1. The van der Waals surface area contributed by atoms with Gasteiger partial charge in [-0.1, -0.05) is 12.0 Å². The lowest BCUT2D eigenvalue weighted by molar-refractivity contribution is 0.865. The van der Waals surface area contributed by atoms with Crippen LogP contribution in [0.25, 0.3) is 10.9 Å². The highest BCUT2D eigenvalue weighted by molar-refractivity contribution is 5.85. The lowest BCUT2D eigenvalue weighted by Gasteiger charge is -2.08. The Morgan fingerprint density at radius 3 is 2.86 bits per heavy atom. The van der Waals surface area contributed by atoms with Crippen LogP contribution in [0.3, 0.4) is 0 Å². The van der Waals surface area contributed by atoms with E-state index in [4.69, 9.17) is 6.42 Å². The van der Waals surface area contributed by atoms with Crippen LogP contribution in [0.4, 0.5) is 0 Å². The Balaban J connectivity index is 2.18. The van der Waals surface area contributed by atoms with Gasteiger partial charge in [0.05, 0.1) is 13.1 Å². The van der Waals surface area contributed by atoms with E-state index in [2.05, 4.69) is 58.6 Å². The summed E-state index contributed by atoms with van der Waals surface area (Å²) in [5.41, 5.74) is 4.88. The topological polar surface area (TPSA) is 52.2 Å². The largest absolute Gasteiger partial charge is 0.358 e. The van der Waals surface area contributed by atoms with Gasteiger partial charge in [0.15, 0.2) is 5.96 Å². The monoisotopic (exact) mass is 282 g/mol. The number of aliphatic imine (C=N–C) groups is 1. The van der Waals surface area contributed by atoms with Crippen molar-refractivity contribution in [3.8, 4) is 12.3 Å². The van der Waals surface area contributed by atoms with Gasteiger partial charge in [0.1, 0.15) is 0 Å². The van der Waals surface area contributed by atoms with E-state index in [0.29, 0.717) is 13.1 Å². The SMILES string of the molecule is C#CCNC(=NCc1ccc2[nH]c(C)c(C)c2c1)NCC. The number of hydrogen-bond acceptors (Lipinski definition) is 1. The Bertz CT molecular complexity index is 689. The molecule has 4 nitrogen and oxygen atoms in total. The predicted molar refractivity (Wildman–Crippen MR) is 89.4 cm³/mol. The summed E-state index contributed by atoms with van der Waals surface area (Å²) in [7, 11) is 0. The number of aromatic amines is 1. The Morgan fingerprint density at radius 2 is 2.14 bits per heavy atom. The third kappa shape index (κ3) is 3.57. The van der Waals surface area contributed by atoms with E-state index < -0.39 is 0 Å². The normalized spacial score (nSPS) is 11.4. The Kier molecular flexibility index (Phi) is 4.89. The number of benzene rings is 1. The number of H-pyrrole nitrogens is 1. The molecular weight excluding hydrogens is 260 g/mol.